The SMILES string of the molecule is CC1CCCCC1NC(=O)NC(C)(C)C(C)(C)C(=O)O. The zero-order chi connectivity index (χ0) is 15.6. The van der Waals surface area contributed by atoms with E-state index >= 15 is 0 Å². The summed E-state index contributed by atoms with van der Waals surface area (Å²) >= 11 is 0. The van der Waals surface area contributed by atoms with Crippen molar-refractivity contribution in [1.29, 1.82) is 0 Å². The van der Waals surface area contributed by atoms with Gasteiger partial charge in [-0.3, -0.25) is 4.79 Å². The van der Waals surface area contributed by atoms with Crippen LogP contribution in [0.4, 0.5) is 4.79 Å². The van der Waals surface area contributed by atoms with Crippen molar-refractivity contribution < 1.29 is 14.7 Å². The molecular formula is C15H28N2O3. The Morgan fingerprint density at radius 3 is 2.15 bits per heavy atom. The summed E-state index contributed by atoms with van der Waals surface area (Å²) < 4.78 is 0. The molecule has 2 unspecified atom stereocenters. The van der Waals surface area contributed by atoms with Crippen LogP contribution >= 0.6 is 0 Å². The number of carboxylic acid groups (broad SMARTS) is 1. The zero-order valence-electron chi connectivity index (χ0n) is 13.2. The van der Waals surface area contributed by atoms with Crippen LogP contribution in [0.25, 0.3) is 0 Å². The smallest absolute Gasteiger partial charge is 0.315 e. The highest BCUT2D eigenvalue weighted by atomic mass is 16.4. The van der Waals surface area contributed by atoms with Gasteiger partial charge in [-0.25, -0.2) is 4.79 Å². The molecule has 0 spiro atoms. The van der Waals surface area contributed by atoms with Gasteiger partial charge in [0.25, 0.3) is 0 Å². The third kappa shape index (κ3) is 3.64. The first kappa shape index (κ1) is 16.8. The summed E-state index contributed by atoms with van der Waals surface area (Å²) in [5.74, 6) is -0.445. The van der Waals surface area contributed by atoms with Gasteiger partial charge >= 0.3 is 12.0 Å². The Balaban J connectivity index is 2.63. The van der Waals surface area contributed by atoms with Crippen LogP contribution in [0.1, 0.15) is 60.3 Å². The Morgan fingerprint density at radius 1 is 1.10 bits per heavy atom. The van der Waals surface area contributed by atoms with E-state index in [1.165, 1.54) is 6.42 Å². The second-order valence-corrected chi connectivity index (χ2v) is 7.02. The minimum Gasteiger partial charge on any atom is -0.481 e. The highest BCUT2D eigenvalue weighted by Gasteiger charge is 2.44. The van der Waals surface area contributed by atoms with Gasteiger partial charge in [-0.15, -0.1) is 0 Å². The molecule has 0 heterocycles. The standard InChI is InChI=1S/C15H28N2O3/c1-10-8-6-7-9-11(10)16-13(20)17-15(4,5)14(2,3)12(18)19/h10-11H,6-9H2,1-5H3,(H,18,19)(H2,16,17,20). The average molecular weight is 284 g/mol. The van der Waals surface area contributed by atoms with Crippen molar-refractivity contribution in [3.05, 3.63) is 0 Å². The van der Waals surface area contributed by atoms with E-state index in [1.807, 2.05) is 0 Å². The number of nitrogens with one attached hydrogen (secondary N) is 2. The van der Waals surface area contributed by atoms with Gasteiger partial charge < -0.3 is 15.7 Å². The first-order chi connectivity index (χ1) is 9.08. The summed E-state index contributed by atoms with van der Waals surface area (Å²) in [5.41, 5.74) is -1.87. The molecule has 2 atom stereocenters. The summed E-state index contributed by atoms with van der Waals surface area (Å²) in [4.78, 5) is 23.4. The zero-order valence-corrected chi connectivity index (χ0v) is 13.2. The van der Waals surface area contributed by atoms with E-state index in [1.54, 1.807) is 27.7 Å². The molecular weight excluding hydrogens is 256 g/mol. The summed E-state index contributed by atoms with van der Waals surface area (Å²) in [6.07, 6.45) is 4.49. The van der Waals surface area contributed by atoms with Crippen LogP contribution in [0.2, 0.25) is 0 Å². The Bertz CT molecular complexity index is 377. The minimum absolute atomic E-state index is 0.187. The van der Waals surface area contributed by atoms with Crippen LogP contribution in [0.5, 0.6) is 0 Å². The predicted octanol–water partition coefficient (Wildman–Crippen LogP) is 2.75. The number of urea groups is 1. The molecule has 1 fully saturated rings. The summed E-state index contributed by atoms with van der Waals surface area (Å²) in [6, 6.07) is -0.0874. The lowest BCUT2D eigenvalue weighted by molar-refractivity contribution is -0.150. The molecule has 1 aliphatic carbocycles. The topological polar surface area (TPSA) is 78.4 Å². The van der Waals surface area contributed by atoms with Gasteiger partial charge in [-0.1, -0.05) is 19.8 Å². The second-order valence-electron chi connectivity index (χ2n) is 7.02. The van der Waals surface area contributed by atoms with Gasteiger partial charge in [0.2, 0.25) is 0 Å². The molecule has 20 heavy (non-hydrogen) atoms. The molecule has 116 valence electrons. The fourth-order valence-corrected chi connectivity index (χ4v) is 2.44. The largest absolute Gasteiger partial charge is 0.481 e. The molecule has 0 bridgehead atoms. The fourth-order valence-electron chi connectivity index (χ4n) is 2.44. The van der Waals surface area contributed by atoms with E-state index in [0.29, 0.717) is 5.92 Å². The molecule has 1 rings (SSSR count). The minimum atomic E-state index is -1.04. The van der Waals surface area contributed by atoms with Crippen LogP contribution in [0, 0.1) is 11.3 Å². The lowest BCUT2D eigenvalue weighted by atomic mass is 9.74. The van der Waals surface area contributed by atoms with Crippen molar-refractivity contribution in [3.63, 3.8) is 0 Å². The number of carbonyl (C=O) groups is 2. The quantitative estimate of drug-likeness (QED) is 0.742. The highest BCUT2D eigenvalue weighted by molar-refractivity contribution is 5.79. The predicted molar refractivity (Wildman–Crippen MR) is 78.6 cm³/mol. The molecule has 5 nitrogen and oxygen atoms in total. The summed E-state index contributed by atoms with van der Waals surface area (Å²) in [5, 5.41) is 15.1. The fraction of sp³-hybridized carbons (Fsp3) is 0.867. The first-order valence-electron chi connectivity index (χ1n) is 7.40. The number of rotatable bonds is 4. The van der Waals surface area contributed by atoms with E-state index in [2.05, 4.69) is 17.6 Å². The third-order valence-electron chi connectivity index (χ3n) is 4.95. The van der Waals surface area contributed by atoms with Gasteiger partial charge in [0.1, 0.15) is 0 Å². The number of amides is 2. The molecule has 0 aliphatic heterocycles. The highest BCUT2D eigenvalue weighted by Crippen LogP contribution is 2.31. The molecule has 5 heteroatoms. The Labute approximate surface area is 121 Å². The molecule has 0 radical (unpaired) electrons. The second kappa shape index (κ2) is 6.02. The molecule has 3 N–H and O–H groups in total. The molecule has 0 saturated heterocycles. The van der Waals surface area contributed by atoms with Crippen LogP contribution in [0.15, 0.2) is 0 Å². The van der Waals surface area contributed by atoms with Gasteiger partial charge in [0.05, 0.1) is 11.0 Å². The number of aliphatic carboxylic acids is 1. The van der Waals surface area contributed by atoms with Gasteiger partial charge in [-0.2, -0.15) is 0 Å². The lowest BCUT2D eigenvalue weighted by Crippen LogP contribution is -2.60. The van der Waals surface area contributed by atoms with Crippen molar-refractivity contribution in [1.82, 2.24) is 10.6 Å². The van der Waals surface area contributed by atoms with Gasteiger partial charge in [-0.05, 0) is 46.5 Å². The van der Waals surface area contributed by atoms with Crippen molar-refractivity contribution in [2.75, 3.05) is 0 Å². The number of carbonyl (C=O) groups excluding carboxylic acids is 1. The molecule has 1 aliphatic rings. The first-order valence-corrected chi connectivity index (χ1v) is 7.40. The Hall–Kier alpha value is -1.26. The van der Waals surface area contributed by atoms with Crippen LogP contribution < -0.4 is 10.6 Å². The van der Waals surface area contributed by atoms with Crippen molar-refractivity contribution >= 4 is 12.0 Å². The molecule has 1 saturated carbocycles. The maximum atomic E-state index is 12.1. The third-order valence-corrected chi connectivity index (χ3v) is 4.95. The summed E-state index contributed by atoms with van der Waals surface area (Å²) in [6.45, 7) is 8.88. The maximum absolute atomic E-state index is 12.1. The summed E-state index contributed by atoms with van der Waals surface area (Å²) in [7, 11) is 0. The number of hydrogen-bond donors (Lipinski definition) is 3. The lowest BCUT2D eigenvalue weighted by Gasteiger charge is -2.39. The van der Waals surface area contributed by atoms with Crippen molar-refractivity contribution in [2.45, 2.75) is 71.9 Å². The van der Waals surface area contributed by atoms with E-state index < -0.39 is 16.9 Å². The van der Waals surface area contributed by atoms with E-state index in [9.17, 15) is 14.7 Å². The van der Waals surface area contributed by atoms with E-state index in [-0.39, 0.29) is 12.1 Å². The molecule has 0 aromatic rings. The van der Waals surface area contributed by atoms with Crippen LogP contribution in [-0.4, -0.2) is 28.7 Å². The van der Waals surface area contributed by atoms with Crippen molar-refractivity contribution in [2.24, 2.45) is 11.3 Å². The average Bonchev–Trinajstić information content (AvgIpc) is 2.31. The van der Waals surface area contributed by atoms with E-state index in [4.69, 9.17) is 0 Å². The molecule has 0 aromatic heterocycles. The number of carboxylic acids is 1. The molecule has 0 aromatic carbocycles. The normalized spacial score (nSPS) is 24.1. The molecule has 2 amide bonds. The Kier molecular flexibility index (Phi) is 5.05. The van der Waals surface area contributed by atoms with Gasteiger partial charge in [0.15, 0.2) is 0 Å². The van der Waals surface area contributed by atoms with Crippen molar-refractivity contribution in [3.8, 4) is 0 Å². The Morgan fingerprint density at radius 2 is 1.65 bits per heavy atom. The number of hydrogen-bond acceptors (Lipinski definition) is 2. The van der Waals surface area contributed by atoms with Gasteiger partial charge in [0, 0.05) is 6.04 Å². The van der Waals surface area contributed by atoms with Crippen LogP contribution in [0.3, 0.4) is 0 Å². The monoisotopic (exact) mass is 284 g/mol. The van der Waals surface area contributed by atoms with Crippen LogP contribution in [-0.2, 0) is 4.79 Å². The van der Waals surface area contributed by atoms with E-state index in [0.717, 1.165) is 19.3 Å². The maximum Gasteiger partial charge on any atom is 0.315 e.